The van der Waals surface area contributed by atoms with Crippen molar-refractivity contribution >= 4 is 90.4 Å². The smallest absolute Gasteiger partial charge is 0.341 e. The molecule has 0 saturated heterocycles. The highest BCUT2D eigenvalue weighted by Crippen LogP contribution is 2.65. The average molecular weight is 900 g/mol. The number of fused-ring (bicyclic) bond motifs is 8. The van der Waals surface area contributed by atoms with Crippen LogP contribution in [0.4, 0.5) is 0 Å². The third-order valence-electron chi connectivity index (χ3n) is 10.9. The van der Waals surface area contributed by atoms with Crippen LogP contribution in [-0.2, 0) is 9.59 Å². The summed E-state index contributed by atoms with van der Waals surface area (Å²) in [6.45, 7) is 1.22. The molecule has 2 heterocycles. The predicted octanol–water partition coefficient (Wildman–Crippen LogP) is 13.7. The minimum atomic E-state index is -2.46. The van der Waals surface area contributed by atoms with Crippen LogP contribution in [0.2, 0.25) is 12.1 Å². The monoisotopic (exact) mass is 896 g/mol. The molecule has 14 heteroatoms. The molecule has 0 amide bonds. The van der Waals surface area contributed by atoms with E-state index < -0.39 is 23.8 Å². The van der Waals surface area contributed by atoms with E-state index >= 15 is 0 Å². The Kier molecular flexibility index (Phi) is 17.9. The van der Waals surface area contributed by atoms with Crippen LogP contribution in [0.15, 0.2) is 36.4 Å². The topological polar surface area (TPSA) is 71.1 Å². The van der Waals surface area contributed by atoms with E-state index in [0.29, 0.717) is 36.2 Å². The van der Waals surface area contributed by atoms with Gasteiger partial charge in [-0.25, -0.2) is 0 Å². The Labute approximate surface area is 351 Å². The highest BCUT2D eigenvalue weighted by atomic mass is 35.8. The zero-order chi connectivity index (χ0) is 38.6. The molecule has 5 rings (SSSR count). The number of esters is 2. The first kappa shape index (κ1) is 44.3. The number of halogens is 6. The lowest BCUT2D eigenvalue weighted by Crippen LogP contribution is -2.57. The summed E-state index contributed by atoms with van der Waals surface area (Å²) in [5, 5.41) is 0. The van der Waals surface area contributed by atoms with Crippen molar-refractivity contribution in [1.29, 1.82) is 0 Å². The molecule has 0 bridgehead atoms. The van der Waals surface area contributed by atoms with Gasteiger partial charge in [0.2, 0.25) is 0 Å². The molecule has 1 aliphatic carbocycles. The maximum absolute atomic E-state index is 13.2. The Balaban J connectivity index is 1.01. The Morgan fingerprint density at radius 1 is 0.444 bits per heavy atom. The van der Waals surface area contributed by atoms with E-state index in [1.807, 2.05) is 36.4 Å². The molecule has 2 aromatic rings. The number of ether oxygens (including phenoxy) is 4. The van der Waals surface area contributed by atoms with Gasteiger partial charge < -0.3 is 18.9 Å². The van der Waals surface area contributed by atoms with E-state index in [1.165, 1.54) is 64.2 Å². The van der Waals surface area contributed by atoms with Crippen LogP contribution in [0.1, 0.15) is 139 Å². The van der Waals surface area contributed by atoms with Crippen molar-refractivity contribution in [1.82, 2.24) is 0 Å². The number of hydrogen-bond acceptors (Lipinski definition) is 6. The van der Waals surface area contributed by atoms with Crippen molar-refractivity contribution in [3.05, 3.63) is 47.5 Å². The molecule has 300 valence electrons. The largest absolute Gasteiger partial charge is 0.493 e. The first-order chi connectivity index (χ1) is 25.9. The zero-order valence-electron chi connectivity index (χ0n) is 31.0. The van der Waals surface area contributed by atoms with E-state index in [2.05, 4.69) is 0 Å². The van der Waals surface area contributed by atoms with Gasteiger partial charge in [-0.15, -0.1) is 66.5 Å². The quantitative estimate of drug-likeness (QED) is 0.0308. The van der Waals surface area contributed by atoms with E-state index in [0.717, 1.165) is 74.6 Å². The standard InChI is InChI=1S/C40H54Cl6O6Si2/c41-53(42,43)25-17-13-9-5-1-3-7-11-15-23-49-29-19-21-31-33(27-29)51-39(47)37-35(31)36-32-22-20-30(28-34(32)52-40(48)38(36)37)50-24-16-12-8-4-2-6-10-14-18-26-54(44,45)46/h19-22,27-28,35-38H,1-18,23-26H2/t35-,36-,37-,38-/m1/s1. The van der Waals surface area contributed by atoms with Gasteiger partial charge >= 0.3 is 23.9 Å². The number of benzene rings is 2. The van der Waals surface area contributed by atoms with Crippen LogP contribution < -0.4 is 18.9 Å². The van der Waals surface area contributed by atoms with Crippen molar-refractivity contribution in [3.63, 3.8) is 0 Å². The molecule has 2 aromatic carbocycles. The average Bonchev–Trinajstić information content (AvgIpc) is 3.09. The molecule has 54 heavy (non-hydrogen) atoms. The van der Waals surface area contributed by atoms with Crippen molar-refractivity contribution in [2.45, 2.75) is 139 Å². The molecule has 6 nitrogen and oxygen atoms in total. The molecule has 2 aliphatic heterocycles. The first-order valence-corrected chi connectivity index (χ1v) is 30.5. The van der Waals surface area contributed by atoms with Crippen molar-refractivity contribution < 1.29 is 28.5 Å². The fraction of sp³-hybridized carbons (Fsp3) is 0.650. The van der Waals surface area contributed by atoms with E-state index in [9.17, 15) is 9.59 Å². The summed E-state index contributed by atoms with van der Waals surface area (Å²) >= 11 is 35.7. The molecular formula is C40H54Cl6O6Si2. The lowest BCUT2D eigenvalue weighted by Gasteiger charge is -2.53. The Hall–Kier alpha value is -0.846. The summed E-state index contributed by atoms with van der Waals surface area (Å²) in [4.78, 5) is 26.4. The second-order valence-corrected chi connectivity index (χ2v) is 33.7. The van der Waals surface area contributed by atoms with Crippen LogP contribution >= 0.6 is 66.5 Å². The molecule has 4 atom stereocenters. The predicted molar refractivity (Wildman–Crippen MR) is 227 cm³/mol. The molecule has 0 spiro atoms. The van der Waals surface area contributed by atoms with E-state index in [1.54, 1.807) is 0 Å². The number of carbonyl (C=O) groups is 2. The zero-order valence-corrected chi connectivity index (χ0v) is 37.6. The van der Waals surface area contributed by atoms with Gasteiger partial charge in [-0.3, -0.25) is 9.59 Å². The maximum Gasteiger partial charge on any atom is 0.341 e. The van der Waals surface area contributed by atoms with Crippen LogP contribution in [0, 0.1) is 11.8 Å². The van der Waals surface area contributed by atoms with Crippen molar-refractivity contribution in [3.8, 4) is 23.0 Å². The third kappa shape index (κ3) is 13.6. The first-order valence-electron chi connectivity index (χ1n) is 20.0. The highest BCUT2D eigenvalue weighted by molar-refractivity contribution is 7.65. The SMILES string of the molecule is O=C1Oc2cc(OCCCCCCCCCCC[Si](Cl)(Cl)Cl)ccc2[C@H]2[C@@H]1[C@@H]1C(=O)Oc3cc(OCCCCCCCCCCC[Si](Cl)(Cl)Cl)ccc3[C@@H]12. The van der Waals surface area contributed by atoms with Crippen LogP contribution in [0.3, 0.4) is 0 Å². The Morgan fingerprint density at radius 3 is 1.09 bits per heavy atom. The highest BCUT2D eigenvalue weighted by Gasteiger charge is 2.64. The summed E-state index contributed by atoms with van der Waals surface area (Å²) in [5.41, 5.74) is 1.87. The second kappa shape index (κ2) is 21.8. The van der Waals surface area contributed by atoms with Crippen molar-refractivity contribution in [2.75, 3.05) is 13.2 Å². The van der Waals surface area contributed by atoms with Crippen LogP contribution in [0.25, 0.3) is 0 Å². The maximum atomic E-state index is 13.2. The summed E-state index contributed by atoms with van der Waals surface area (Å²) in [7, 11) is 0. The molecule has 0 aromatic heterocycles. The summed E-state index contributed by atoms with van der Waals surface area (Å²) in [6, 6.07) is 8.10. The van der Waals surface area contributed by atoms with Crippen LogP contribution in [0.5, 0.6) is 23.0 Å². The summed E-state index contributed by atoms with van der Waals surface area (Å²) in [5.74, 6) is 0.242. The van der Waals surface area contributed by atoms with Gasteiger partial charge in [0.15, 0.2) is 0 Å². The Bertz CT molecular complexity index is 1410. The second-order valence-electron chi connectivity index (χ2n) is 15.1. The van der Waals surface area contributed by atoms with Gasteiger partial charge in [0.25, 0.3) is 0 Å². The lowest BCUT2D eigenvalue weighted by molar-refractivity contribution is -0.165. The molecule has 1 saturated carbocycles. The Morgan fingerprint density at radius 2 is 0.759 bits per heavy atom. The molecule has 0 N–H and O–H groups in total. The lowest BCUT2D eigenvalue weighted by atomic mass is 9.51. The number of unbranched alkanes of at least 4 members (excludes halogenated alkanes) is 16. The van der Waals surface area contributed by atoms with Gasteiger partial charge in [-0.1, -0.05) is 115 Å². The van der Waals surface area contributed by atoms with E-state index in [-0.39, 0.29) is 23.8 Å². The minimum Gasteiger partial charge on any atom is -0.493 e. The number of rotatable bonds is 26. The van der Waals surface area contributed by atoms with Gasteiger partial charge in [0, 0.05) is 24.0 Å². The summed E-state index contributed by atoms with van der Waals surface area (Å²) in [6.07, 6.45) is 20.6. The van der Waals surface area contributed by atoms with Gasteiger partial charge in [-0.05, 0) is 48.2 Å². The molecule has 1 fully saturated rings. The van der Waals surface area contributed by atoms with Crippen molar-refractivity contribution in [2.24, 2.45) is 11.8 Å². The van der Waals surface area contributed by atoms with Gasteiger partial charge in [0.05, 0.1) is 25.0 Å². The number of hydrogen-bond donors (Lipinski definition) is 0. The van der Waals surface area contributed by atoms with Crippen LogP contribution in [-0.4, -0.2) is 37.2 Å². The van der Waals surface area contributed by atoms with Gasteiger partial charge in [0.1, 0.15) is 23.0 Å². The minimum absolute atomic E-state index is 0.155. The molecule has 0 radical (unpaired) electrons. The fourth-order valence-electron chi connectivity index (χ4n) is 8.11. The number of carbonyl (C=O) groups excluding carboxylic acids is 2. The van der Waals surface area contributed by atoms with E-state index in [4.69, 9.17) is 85.4 Å². The molecular weight excluding hydrogens is 845 g/mol. The molecule has 3 aliphatic rings. The molecule has 0 unspecified atom stereocenters. The van der Waals surface area contributed by atoms with Gasteiger partial charge in [-0.2, -0.15) is 0 Å². The third-order valence-corrected chi connectivity index (χ3v) is 16.2. The normalized spacial score (nSPS) is 20.2. The summed E-state index contributed by atoms with van der Waals surface area (Å²) < 4.78 is 23.7. The fourth-order valence-corrected chi connectivity index (χ4v) is 11.8.